The Hall–Kier alpha value is -4.45. The predicted octanol–water partition coefficient (Wildman–Crippen LogP) is 9.03. The zero-order valence-electron chi connectivity index (χ0n) is 34.3. The first kappa shape index (κ1) is 40.2. The van der Waals surface area contributed by atoms with E-state index in [-0.39, 0.29) is 10.4 Å². The quantitative estimate of drug-likeness (QED) is 0.116. The first-order valence-corrected chi connectivity index (χ1v) is 22.5. The monoisotopic (exact) mass is 766 g/mol. The largest absolute Gasteiger partial charge is 0.525 e. The molecule has 0 aliphatic heterocycles. The van der Waals surface area contributed by atoms with E-state index in [1.165, 1.54) is 0 Å². The Balaban J connectivity index is 1.68. The van der Waals surface area contributed by atoms with Crippen LogP contribution in [0, 0.1) is 83.1 Å². The fraction of sp³-hybridized carbons (Fsp3) is 0.250. The second kappa shape index (κ2) is 14.9. The summed E-state index contributed by atoms with van der Waals surface area (Å²) in [4.78, 5) is 51.0. The molecule has 0 heterocycles. The molecule has 5 nitrogen and oxygen atoms in total. The highest BCUT2D eigenvalue weighted by Gasteiger charge is 2.53. The maximum absolute atomic E-state index is 12.7. The van der Waals surface area contributed by atoms with E-state index < -0.39 is 17.6 Å². The van der Waals surface area contributed by atoms with E-state index in [0.717, 1.165) is 89.0 Å². The molecule has 4 N–H and O–H groups in total. The minimum absolute atomic E-state index is 0.185. The highest BCUT2D eigenvalue weighted by atomic mass is 28.5. The first-order chi connectivity index (χ1) is 25.7. The Bertz CT molecular complexity index is 2080. The van der Waals surface area contributed by atoms with Crippen molar-refractivity contribution in [1.82, 2.24) is 0 Å². The van der Waals surface area contributed by atoms with Crippen LogP contribution in [-0.2, 0) is 4.12 Å². The lowest BCUT2D eigenvalue weighted by Gasteiger charge is -2.32. The summed E-state index contributed by atoms with van der Waals surface area (Å²) in [7, 11) is -10.5. The number of hydrogen-bond acceptors (Lipinski definition) is 5. The van der Waals surface area contributed by atoms with Gasteiger partial charge in [-0.2, -0.15) is 0 Å². The summed E-state index contributed by atoms with van der Waals surface area (Å²) in [5.41, 5.74) is 18.0. The zero-order valence-corrected chi connectivity index (χ0v) is 36.3. The fourth-order valence-corrected chi connectivity index (χ4v) is 14.0. The van der Waals surface area contributed by atoms with Crippen molar-refractivity contribution in [3.63, 3.8) is 0 Å². The van der Waals surface area contributed by atoms with Crippen LogP contribution in [0.4, 0.5) is 0 Å². The number of aryl methyl sites for hydroxylation is 12. The molecule has 6 aromatic rings. The maximum atomic E-state index is 12.7. The molecule has 6 aromatic carbocycles. The third-order valence-electron chi connectivity index (χ3n) is 10.9. The summed E-state index contributed by atoms with van der Waals surface area (Å²) in [5, 5.41) is 0.369. The molecule has 6 rings (SSSR count). The van der Waals surface area contributed by atoms with Crippen LogP contribution < -0.4 is 10.4 Å². The minimum atomic E-state index is -5.23. The third kappa shape index (κ3) is 7.58. The Kier molecular flexibility index (Phi) is 10.9. The van der Waals surface area contributed by atoms with Crippen molar-refractivity contribution in [2.45, 2.75) is 83.1 Å². The van der Waals surface area contributed by atoms with E-state index in [1.54, 1.807) is 0 Å². The van der Waals surface area contributed by atoms with E-state index in [1.807, 2.05) is 119 Å². The van der Waals surface area contributed by atoms with E-state index in [2.05, 4.69) is 48.5 Å². The number of rotatable bonds is 8. The third-order valence-corrected chi connectivity index (χ3v) is 15.5. The van der Waals surface area contributed by atoms with Gasteiger partial charge in [0.15, 0.2) is 0 Å². The second-order valence-electron chi connectivity index (χ2n) is 15.9. The first-order valence-electron chi connectivity index (χ1n) is 18.9. The van der Waals surface area contributed by atoms with Crippen molar-refractivity contribution in [1.29, 1.82) is 0 Å². The van der Waals surface area contributed by atoms with Gasteiger partial charge in [0.25, 0.3) is 0 Å². The van der Waals surface area contributed by atoms with Gasteiger partial charge in [-0.3, -0.25) is 0 Å². The minimum Gasteiger partial charge on any atom is -0.387 e. The van der Waals surface area contributed by atoms with Gasteiger partial charge >= 0.3 is 17.6 Å². The van der Waals surface area contributed by atoms with Crippen LogP contribution in [0.2, 0.25) is 0 Å². The smallest absolute Gasteiger partial charge is 0.387 e. The molecule has 0 radical (unpaired) electrons. The summed E-state index contributed by atoms with van der Waals surface area (Å²) < 4.78 is 6.36. The van der Waals surface area contributed by atoms with Gasteiger partial charge in [-0.1, -0.05) is 107 Å². The van der Waals surface area contributed by atoms with Gasteiger partial charge in [-0.05, 0) is 172 Å². The van der Waals surface area contributed by atoms with Crippen molar-refractivity contribution >= 4 is 28.0 Å². The molecule has 0 aliphatic rings. The van der Waals surface area contributed by atoms with Gasteiger partial charge in [-0.15, -0.1) is 0 Å². The molecule has 7 heteroatoms. The topological polar surface area (TPSA) is 90.2 Å². The molecule has 0 aliphatic carbocycles. The molecule has 0 saturated heterocycles. The number of benzene rings is 6. The molecular weight excluding hydrogens is 713 g/mol. The molecule has 0 amide bonds. The predicted molar refractivity (Wildman–Crippen MR) is 232 cm³/mol. The van der Waals surface area contributed by atoms with E-state index in [9.17, 15) is 19.2 Å². The Morgan fingerprint density at radius 1 is 0.327 bits per heavy atom. The van der Waals surface area contributed by atoms with Gasteiger partial charge < -0.3 is 23.3 Å². The molecule has 0 bridgehead atoms. The van der Waals surface area contributed by atoms with Crippen LogP contribution in [0.3, 0.4) is 0 Å². The molecule has 0 unspecified atom stereocenters. The van der Waals surface area contributed by atoms with Crippen LogP contribution in [-0.4, -0.2) is 36.8 Å². The van der Waals surface area contributed by atoms with E-state index in [0.29, 0.717) is 22.3 Å². The highest BCUT2D eigenvalue weighted by Crippen LogP contribution is 2.38. The SMILES string of the molecule is Cc1cc(C)c(-c2cccc(-c3c(C)cc(C)cc3C)c2[Si](O)(O)O[Si](O)(O)c2c(-c3c(C)cc(C)cc3C)cccc2-c2c(C)cc(C)cc2C)c(C)c1. The standard InChI is InChI=1S/C48H54O5Si2/c1-27-19-31(5)43(32(6)20-27)39-15-13-16-40(44-33(7)21-28(2)22-34(44)8)47(39)54(49,50)53-55(51,52)48-41(45-35(9)23-29(3)24-36(45)10)17-14-18-42(48)46-37(11)25-30(4)26-38(46)12/h13-26,49-52H,1-12H3. The summed E-state index contributed by atoms with van der Waals surface area (Å²) in [6.07, 6.45) is 0. The molecule has 0 saturated carbocycles. The van der Waals surface area contributed by atoms with Crippen molar-refractivity contribution in [3.8, 4) is 44.5 Å². The summed E-state index contributed by atoms with van der Waals surface area (Å²) >= 11 is 0. The average molecular weight is 767 g/mol. The van der Waals surface area contributed by atoms with Gasteiger partial charge in [0, 0.05) is 10.4 Å². The van der Waals surface area contributed by atoms with Crippen molar-refractivity contribution in [2.75, 3.05) is 0 Å². The van der Waals surface area contributed by atoms with Gasteiger partial charge in [0.2, 0.25) is 0 Å². The molecular formula is C48H54O5Si2. The molecule has 55 heavy (non-hydrogen) atoms. The van der Waals surface area contributed by atoms with Gasteiger partial charge in [-0.25, -0.2) is 0 Å². The van der Waals surface area contributed by atoms with Crippen LogP contribution in [0.25, 0.3) is 44.5 Å². The summed E-state index contributed by atoms with van der Waals surface area (Å²) in [6, 6.07) is 28.0. The Morgan fingerprint density at radius 2 is 0.509 bits per heavy atom. The Morgan fingerprint density at radius 3 is 0.691 bits per heavy atom. The van der Waals surface area contributed by atoms with Gasteiger partial charge in [0.05, 0.1) is 0 Å². The van der Waals surface area contributed by atoms with Crippen LogP contribution >= 0.6 is 0 Å². The van der Waals surface area contributed by atoms with Crippen molar-refractivity contribution in [2.24, 2.45) is 0 Å². The van der Waals surface area contributed by atoms with Crippen molar-refractivity contribution < 1.29 is 23.3 Å². The van der Waals surface area contributed by atoms with E-state index >= 15 is 0 Å². The zero-order chi connectivity index (χ0) is 40.3. The summed E-state index contributed by atoms with van der Waals surface area (Å²) in [5.74, 6) is 0. The molecule has 284 valence electrons. The maximum Gasteiger partial charge on any atom is 0.525 e. The molecule has 0 spiro atoms. The van der Waals surface area contributed by atoms with E-state index in [4.69, 9.17) is 4.12 Å². The molecule has 0 fully saturated rings. The lowest BCUT2D eigenvalue weighted by Crippen LogP contribution is -2.66. The Labute approximate surface area is 329 Å². The lowest BCUT2D eigenvalue weighted by atomic mass is 9.89. The van der Waals surface area contributed by atoms with Crippen LogP contribution in [0.1, 0.15) is 66.8 Å². The van der Waals surface area contributed by atoms with Crippen molar-refractivity contribution in [3.05, 3.63) is 152 Å². The highest BCUT2D eigenvalue weighted by molar-refractivity contribution is 6.88. The van der Waals surface area contributed by atoms with Gasteiger partial charge in [0.1, 0.15) is 0 Å². The van der Waals surface area contributed by atoms with Crippen LogP contribution in [0.5, 0.6) is 0 Å². The summed E-state index contributed by atoms with van der Waals surface area (Å²) in [6.45, 7) is 24.3. The second-order valence-corrected chi connectivity index (χ2v) is 20.1. The number of hydrogen-bond donors (Lipinski definition) is 4. The lowest BCUT2D eigenvalue weighted by molar-refractivity contribution is 0.179. The average Bonchev–Trinajstić information content (AvgIpc) is 3.02. The normalized spacial score (nSPS) is 12.1. The molecule has 0 aromatic heterocycles. The molecule has 0 atom stereocenters. The van der Waals surface area contributed by atoms with Crippen LogP contribution in [0.15, 0.2) is 84.9 Å². The fourth-order valence-electron chi connectivity index (χ4n) is 9.36.